The maximum Gasteiger partial charge on any atom is 0.326 e. The number of carbonyl (C=O) groups excluding carboxylic acids is 1. The monoisotopic (exact) mass is 513 g/mol. The van der Waals surface area contributed by atoms with Gasteiger partial charge in [-0.25, -0.2) is 0 Å². The fourth-order valence-corrected chi connectivity index (χ4v) is 5.53. The van der Waals surface area contributed by atoms with E-state index in [4.69, 9.17) is 23.7 Å². The zero-order valence-corrected chi connectivity index (χ0v) is 22.4. The third kappa shape index (κ3) is 5.74. The van der Waals surface area contributed by atoms with Gasteiger partial charge in [-0.3, -0.25) is 9.69 Å². The van der Waals surface area contributed by atoms with Crippen LogP contribution >= 0.6 is 0 Å². The minimum absolute atomic E-state index is 0.181. The molecule has 0 radical (unpaired) electrons. The molecule has 0 unspecified atom stereocenters. The second-order valence-corrected chi connectivity index (χ2v) is 10.1. The van der Waals surface area contributed by atoms with Crippen LogP contribution in [0.25, 0.3) is 0 Å². The van der Waals surface area contributed by atoms with Crippen molar-refractivity contribution >= 4 is 5.97 Å². The van der Waals surface area contributed by atoms with E-state index >= 15 is 0 Å². The van der Waals surface area contributed by atoms with Gasteiger partial charge in [-0.1, -0.05) is 60.7 Å². The Kier molecular flexibility index (Phi) is 8.68. The number of rotatable bonds is 10. The number of aliphatic hydroxyl groups excluding tert-OH is 1. The Morgan fingerprint density at radius 1 is 0.973 bits per heavy atom. The van der Waals surface area contributed by atoms with Crippen molar-refractivity contribution in [1.29, 1.82) is 0 Å². The molecular formula is C29H39NO7. The largest absolute Gasteiger partial charge is 0.465 e. The van der Waals surface area contributed by atoms with Crippen molar-refractivity contribution in [3.63, 3.8) is 0 Å². The number of benzene rings is 2. The quantitative estimate of drug-likeness (QED) is 0.477. The average Bonchev–Trinajstić information content (AvgIpc) is 3.39. The number of aliphatic hydroxyl groups is 1. The second kappa shape index (κ2) is 11.6. The van der Waals surface area contributed by atoms with Gasteiger partial charge in [0.05, 0.1) is 6.61 Å². The van der Waals surface area contributed by atoms with E-state index in [1.54, 1.807) is 6.92 Å². The lowest BCUT2D eigenvalue weighted by Gasteiger charge is -2.43. The molecule has 0 spiro atoms. The molecule has 202 valence electrons. The van der Waals surface area contributed by atoms with E-state index in [1.807, 2.05) is 93.3 Å². The molecule has 2 heterocycles. The standard InChI is InChI=1S/C29H39NO7/c1-7-34-27(32)22(23(31)24-25-26(28(33-6)35-24)37-29(4,5)36-25)30(18(2)20-14-10-8-11-15-20)19(3)21-16-12-9-13-17-21/h8-19,22-26,28,31H,7H2,1-6H3/t18-,19-,22-,23+,24+,25+,26+,28+/m0/s1. The molecule has 8 heteroatoms. The molecule has 0 saturated carbocycles. The van der Waals surface area contributed by atoms with Crippen molar-refractivity contribution in [3.8, 4) is 0 Å². The van der Waals surface area contributed by atoms with Crippen LogP contribution in [0.5, 0.6) is 0 Å². The SMILES string of the molecule is CCOC(=O)[C@H]([C@@H](O)[C@H]1O[C@@H](OC)[C@@H]2OC(C)(C)O[C@H]12)N([C@@H](C)c1ccccc1)[C@@H](C)c1ccccc1. The van der Waals surface area contributed by atoms with Gasteiger partial charge in [-0.15, -0.1) is 0 Å². The lowest BCUT2D eigenvalue weighted by molar-refractivity contribution is -0.241. The summed E-state index contributed by atoms with van der Waals surface area (Å²) in [4.78, 5) is 15.6. The highest BCUT2D eigenvalue weighted by atomic mass is 16.8. The smallest absolute Gasteiger partial charge is 0.326 e. The lowest BCUT2D eigenvalue weighted by atomic mass is 9.92. The van der Waals surface area contributed by atoms with Crippen LogP contribution in [0.1, 0.15) is 57.8 Å². The topological polar surface area (TPSA) is 86.7 Å². The number of methoxy groups -OCH3 is 1. The average molecular weight is 514 g/mol. The zero-order chi connectivity index (χ0) is 26.7. The first-order valence-corrected chi connectivity index (χ1v) is 12.9. The van der Waals surface area contributed by atoms with E-state index in [1.165, 1.54) is 7.11 Å². The van der Waals surface area contributed by atoms with E-state index in [-0.39, 0.29) is 18.7 Å². The van der Waals surface area contributed by atoms with E-state index in [2.05, 4.69) is 0 Å². The summed E-state index contributed by atoms with van der Waals surface area (Å²) in [5.74, 6) is -1.40. The summed E-state index contributed by atoms with van der Waals surface area (Å²) in [5.41, 5.74) is 2.02. The van der Waals surface area contributed by atoms with Crippen LogP contribution in [-0.2, 0) is 28.5 Å². The fourth-order valence-electron chi connectivity index (χ4n) is 5.53. The molecule has 0 bridgehead atoms. The fraction of sp³-hybridized carbons (Fsp3) is 0.552. The molecule has 1 N–H and O–H groups in total. The van der Waals surface area contributed by atoms with Gasteiger partial charge >= 0.3 is 5.97 Å². The van der Waals surface area contributed by atoms with Gasteiger partial charge in [-0.05, 0) is 45.7 Å². The summed E-state index contributed by atoms with van der Waals surface area (Å²) < 4.78 is 29.3. The van der Waals surface area contributed by atoms with Gasteiger partial charge in [0.1, 0.15) is 30.5 Å². The molecule has 0 aromatic heterocycles. The third-order valence-electron chi connectivity index (χ3n) is 7.25. The molecule has 2 aromatic rings. The van der Waals surface area contributed by atoms with Gasteiger partial charge in [0.15, 0.2) is 12.1 Å². The maximum atomic E-state index is 13.6. The van der Waals surface area contributed by atoms with Gasteiger partial charge < -0.3 is 28.8 Å². The molecule has 2 aromatic carbocycles. The van der Waals surface area contributed by atoms with Crippen molar-refractivity contribution in [3.05, 3.63) is 71.8 Å². The Bertz CT molecular complexity index is 972. The summed E-state index contributed by atoms with van der Waals surface area (Å²) in [6.07, 6.45) is -4.05. The molecule has 2 aliphatic heterocycles. The van der Waals surface area contributed by atoms with Crippen LogP contribution in [0.2, 0.25) is 0 Å². The van der Waals surface area contributed by atoms with Crippen molar-refractivity contribution in [2.24, 2.45) is 0 Å². The summed E-state index contributed by atoms with van der Waals surface area (Å²) in [6.45, 7) is 9.62. The number of hydrogen-bond acceptors (Lipinski definition) is 8. The lowest BCUT2D eigenvalue weighted by Crippen LogP contribution is -2.57. The minimum Gasteiger partial charge on any atom is -0.465 e. The number of carbonyl (C=O) groups is 1. The van der Waals surface area contributed by atoms with Crippen LogP contribution in [0.15, 0.2) is 60.7 Å². The van der Waals surface area contributed by atoms with Crippen LogP contribution in [-0.4, -0.2) is 72.2 Å². The predicted molar refractivity (Wildman–Crippen MR) is 137 cm³/mol. The summed E-state index contributed by atoms with van der Waals surface area (Å²) >= 11 is 0. The Morgan fingerprint density at radius 3 is 1.97 bits per heavy atom. The summed E-state index contributed by atoms with van der Waals surface area (Å²) in [5, 5.41) is 11.9. The minimum atomic E-state index is -1.29. The number of esters is 1. The van der Waals surface area contributed by atoms with Gasteiger partial charge in [0.2, 0.25) is 0 Å². The van der Waals surface area contributed by atoms with E-state index in [9.17, 15) is 9.90 Å². The number of ether oxygens (including phenoxy) is 5. The first-order valence-electron chi connectivity index (χ1n) is 12.9. The highest BCUT2D eigenvalue weighted by molar-refractivity contribution is 5.77. The van der Waals surface area contributed by atoms with Crippen molar-refractivity contribution < 1.29 is 33.6 Å². The van der Waals surface area contributed by atoms with Crippen molar-refractivity contribution in [2.75, 3.05) is 13.7 Å². The molecule has 8 nitrogen and oxygen atoms in total. The van der Waals surface area contributed by atoms with Crippen LogP contribution in [0.4, 0.5) is 0 Å². The molecule has 4 rings (SSSR count). The molecule has 0 amide bonds. The molecular weight excluding hydrogens is 474 g/mol. The zero-order valence-electron chi connectivity index (χ0n) is 22.4. The van der Waals surface area contributed by atoms with E-state index in [0.29, 0.717) is 0 Å². The normalized spacial score (nSPS) is 27.9. The van der Waals surface area contributed by atoms with Gasteiger partial charge in [0.25, 0.3) is 0 Å². The molecule has 8 atom stereocenters. The molecule has 0 aliphatic carbocycles. The maximum absolute atomic E-state index is 13.6. The van der Waals surface area contributed by atoms with E-state index in [0.717, 1.165) is 11.1 Å². The van der Waals surface area contributed by atoms with E-state index < -0.39 is 48.5 Å². The third-order valence-corrected chi connectivity index (χ3v) is 7.25. The number of fused-ring (bicyclic) bond motifs is 1. The van der Waals surface area contributed by atoms with Gasteiger partial charge in [0, 0.05) is 19.2 Å². The first kappa shape index (κ1) is 27.7. The highest BCUT2D eigenvalue weighted by Crippen LogP contribution is 2.42. The van der Waals surface area contributed by atoms with Crippen LogP contribution < -0.4 is 0 Å². The Morgan fingerprint density at radius 2 is 1.49 bits per heavy atom. The van der Waals surface area contributed by atoms with Crippen molar-refractivity contribution in [1.82, 2.24) is 4.90 Å². The van der Waals surface area contributed by atoms with Crippen LogP contribution in [0, 0.1) is 0 Å². The second-order valence-electron chi connectivity index (χ2n) is 10.1. The van der Waals surface area contributed by atoms with Gasteiger partial charge in [-0.2, -0.15) is 0 Å². The predicted octanol–water partition coefficient (Wildman–Crippen LogP) is 3.99. The first-order chi connectivity index (χ1) is 17.7. The molecule has 37 heavy (non-hydrogen) atoms. The number of nitrogens with zero attached hydrogens (tertiary/aromatic N) is 1. The molecule has 2 fully saturated rings. The number of hydrogen-bond donors (Lipinski definition) is 1. The van der Waals surface area contributed by atoms with Crippen LogP contribution in [0.3, 0.4) is 0 Å². The Balaban J connectivity index is 1.76. The summed E-state index contributed by atoms with van der Waals surface area (Å²) in [7, 11) is 1.52. The van der Waals surface area contributed by atoms with Crippen molar-refractivity contribution in [2.45, 2.75) is 89.2 Å². The Hall–Kier alpha value is -2.33. The Labute approximate surface area is 219 Å². The molecule has 2 saturated heterocycles. The highest BCUT2D eigenvalue weighted by Gasteiger charge is 2.59. The molecule has 2 aliphatic rings. The summed E-state index contributed by atoms with van der Waals surface area (Å²) in [6, 6.07) is 18.3.